The van der Waals surface area contributed by atoms with Crippen molar-refractivity contribution in [3.63, 3.8) is 0 Å². The lowest BCUT2D eigenvalue weighted by molar-refractivity contribution is -0.175. The van der Waals surface area contributed by atoms with Gasteiger partial charge >= 0.3 is 18.1 Å². The molecule has 0 unspecified atom stereocenters. The minimum Gasteiger partial charge on any atom is -0.467 e. The summed E-state index contributed by atoms with van der Waals surface area (Å²) in [7, 11) is 1.03. The lowest BCUT2D eigenvalue weighted by atomic mass is 10.0. The molecule has 1 aliphatic rings. The van der Waals surface area contributed by atoms with Crippen molar-refractivity contribution < 1.29 is 32.3 Å². The van der Waals surface area contributed by atoms with Crippen LogP contribution >= 0.6 is 0 Å². The molecule has 0 aliphatic carbocycles. The van der Waals surface area contributed by atoms with Crippen LogP contribution in [-0.2, 0) is 19.1 Å². The fourth-order valence-corrected chi connectivity index (χ4v) is 2.36. The van der Waals surface area contributed by atoms with Crippen LogP contribution in [0.2, 0.25) is 0 Å². The molecule has 0 saturated carbocycles. The SMILES string of the molecule is COC(=O)[C@@H](CCCCNC(=O)[C@H]1N=CC[C@H]1C)NC(=O)C(F)(F)F. The molecule has 0 aromatic rings. The minimum absolute atomic E-state index is 0.0254. The van der Waals surface area contributed by atoms with Gasteiger partial charge in [-0.15, -0.1) is 0 Å². The second-order valence-corrected chi connectivity index (χ2v) is 5.82. The standard InChI is InChI=1S/C15H22F3N3O4/c1-9-6-8-19-11(9)12(22)20-7-4-3-5-10(13(23)25-2)21-14(24)15(16,17)18/h8-11H,3-7H2,1-2H3,(H,20,22)(H,21,24)/t9-,10-,11+/m1/s1. The third-order valence-corrected chi connectivity index (χ3v) is 3.82. The molecule has 7 nitrogen and oxygen atoms in total. The molecule has 0 bridgehead atoms. The van der Waals surface area contributed by atoms with Crippen molar-refractivity contribution in [2.45, 2.75) is 50.9 Å². The lowest BCUT2D eigenvalue weighted by Crippen LogP contribution is -2.47. The maximum absolute atomic E-state index is 12.3. The molecule has 2 N–H and O–H groups in total. The van der Waals surface area contributed by atoms with Gasteiger partial charge in [0.25, 0.3) is 0 Å². The summed E-state index contributed by atoms with van der Waals surface area (Å²) in [5.41, 5.74) is 0. The summed E-state index contributed by atoms with van der Waals surface area (Å²) in [6, 6.07) is -1.79. The van der Waals surface area contributed by atoms with Crippen LogP contribution in [0, 0.1) is 5.92 Å². The number of alkyl halides is 3. The zero-order valence-corrected chi connectivity index (χ0v) is 14.1. The Morgan fingerprint density at radius 2 is 2.00 bits per heavy atom. The predicted octanol–water partition coefficient (Wildman–Crippen LogP) is 0.972. The first-order valence-electron chi connectivity index (χ1n) is 7.91. The van der Waals surface area contributed by atoms with Gasteiger partial charge in [-0.2, -0.15) is 13.2 Å². The third kappa shape index (κ3) is 6.71. The van der Waals surface area contributed by atoms with E-state index in [1.807, 2.05) is 6.92 Å². The molecule has 3 atom stereocenters. The van der Waals surface area contributed by atoms with Crippen molar-refractivity contribution >= 4 is 24.0 Å². The molecule has 142 valence electrons. The summed E-state index contributed by atoms with van der Waals surface area (Å²) in [5, 5.41) is 4.31. The Kier molecular flexibility index (Phi) is 7.85. The molecule has 1 rings (SSSR count). The van der Waals surface area contributed by atoms with Crippen molar-refractivity contribution in [1.82, 2.24) is 10.6 Å². The van der Waals surface area contributed by atoms with Gasteiger partial charge in [-0.1, -0.05) is 6.92 Å². The molecule has 0 aromatic heterocycles. The highest BCUT2D eigenvalue weighted by atomic mass is 19.4. The van der Waals surface area contributed by atoms with Gasteiger partial charge in [0.15, 0.2) is 0 Å². The van der Waals surface area contributed by atoms with E-state index in [-0.39, 0.29) is 18.2 Å². The van der Waals surface area contributed by atoms with Crippen LogP contribution in [0.3, 0.4) is 0 Å². The summed E-state index contributed by atoms with van der Waals surface area (Å²) in [4.78, 5) is 38.4. The number of esters is 1. The van der Waals surface area contributed by atoms with Crippen LogP contribution < -0.4 is 10.6 Å². The van der Waals surface area contributed by atoms with E-state index in [4.69, 9.17) is 0 Å². The molecule has 0 spiro atoms. The van der Waals surface area contributed by atoms with Crippen molar-refractivity contribution in [2.24, 2.45) is 10.9 Å². The maximum atomic E-state index is 12.3. The highest BCUT2D eigenvalue weighted by Gasteiger charge is 2.40. The van der Waals surface area contributed by atoms with Gasteiger partial charge in [0, 0.05) is 12.8 Å². The number of rotatable bonds is 8. The first-order valence-corrected chi connectivity index (χ1v) is 7.91. The minimum atomic E-state index is -5.07. The molecule has 0 fully saturated rings. The largest absolute Gasteiger partial charge is 0.471 e. The summed E-state index contributed by atoms with van der Waals surface area (Å²) in [5.74, 6) is -3.20. The fourth-order valence-electron chi connectivity index (χ4n) is 2.36. The summed E-state index contributed by atoms with van der Waals surface area (Å²) < 4.78 is 41.2. The van der Waals surface area contributed by atoms with Crippen LogP contribution in [0.1, 0.15) is 32.6 Å². The van der Waals surface area contributed by atoms with Gasteiger partial charge < -0.3 is 15.4 Å². The zero-order chi connectivity index (χ0) is 19.0. The van der Waals surface area contributed by atoms with Crippen LogP contribution in [0.25, 0.3) is 0 Å². The Morgan fingerprint density at radius 3 is 2.52 bits per heavy atom. The molecular weight excluding hydrogens is 343 g/mol. The average Bonchev–Trinajstić information content (AvgIpc) is 2.97. The number of carbonyl (C=O) groups excluding carboxylic acids is 3. The number of aliphatic imine (C=N–C) groups is 1. The molecule has 0 aromatic carbocycles. The number of nitrogens with zero attached hydrogens (tertiary/aromatic N) is 1. The molecule has 25 heavy (non-hydrogen) atoms. The topological polar surface area (TPSA) is 96.9 Å². The second-order valence-electron chi connectivity index (χ2n) is 5.82. The van der Waals surface area contributed by atoms with Gasteiger partial charge in [0.2, 0.25) is 5.91 Å². The van der Waals surface area contributed by atoms with Crippen LogP contribution in [0.5, 0.6) is 0 Å². The maximum Gasteiger partial charge on any atom is 0.471 e. The van der Waals surface area contributed by atoms with Gasteiger partial charge in [0.1, 0.15) is 12.1 Å². The van der Waals surface area contributed by atoms with E-state index in [2.05, 4.69) is 15.0 Å². The predicted molar refractivity (Wildman–Crippen MR) is 82.9 cm³/mol. The van der Waals surface area contributed by atoms with Crippen LogP contribution in [-0.4, -0.2) is 55.9 Å². The number of halogens is 3. The van der Waals surface area contributed by atoms with E-state index in [0.717, 1.165) is 13.5 Å². The Bertz CT molecular complexity index is 523. The average molecular weight is 365 g/mol. The van der Waals surface area contributed by atoms with E-state index in [9.17, 15) is 27.6 Å². The van der Waals surface area contributed by atoms with Gasteiger partial charge in [0.05, 0.1) is 7.11 Å². The van der Waals surface area contributed by atoms with E-state index < -0.39 is 30.1 Å². The zero-order valence-electron chi connectivity index (χ0n) is 14.1. The number of carbonyl (C=O) groups is 3. The normalized spacial score (nSPS) is 20.8. The van der Waals surface area contributed by atoms with Crippen molar-refractivity contribution in [3.05, 3.63) is 0 Å². The Balaban J connectivity index is 2.34. The quantitative estimate of drug-likeness (QED) is 0.495. The lowest BCUT2D eigenvalue weighted by Gasteiger charge is -2.17. The van der Waals surface area contributed by atoms with Crippen molar-refractivity contribution in [3.8, 4) is 0 Å². The summed E-state index contributed by atoms with van der Waals surface area (Å²) in [6.07, 6.45) is -1.88. The Hall–Kier alpha value is -2.13. The highest BCUT2D eigenvalue weighted by molar-refractivity contribution is 5.87. The van der Waals surface area contributed by atoms with Crippen LogP contribution in [0.15, 0.2) is 4.99 Å². The molecular formula is C15H22F3N3O4. The third-order valence-electron chi connectivity index (χ3n) is 3.82. The molecule has 0 saturated heterocycles. The van der Waals surface area contributed by atoms with Crippen molar-refractivity contribution in [1.29, 1.82) is 0 Å². The monoisotopic (exact) mass is 365 g/mol. The first kappa shape index (κ1) is 20.9. The smallest absolute Gasteiger partial charge is 0.467 e. The van der Waals surface area contributed by atoms with E-state index in [1.54, 1.807) is 11.5 Å². The van der Waals surface area contributed by atoms with E-state index in [0.29, 0.717) is 19.4 Å². The number of hydrogen-bond donors (Lipinski definition) is 2. The number of ether oxygens (including phenoxy) is 1. The Morgan fingerprint density at radius 1 is 1.32 bits per heavy atom. The molecule has 2 amide bonds. The van der Waals surface area contributed by atoms with Gasteiger partial charge in [-0.05, 0) is 31.6 Å². The number of hydrogen-bond acceptors (Lipinski definition) is 5. The molecule has 0 radical (unpaired) electrons. The van der Waals surface area contributed by atoms with E-state index >= 15 is 0 Å². The number of unbranched alkanes of at least 4 members (excludes halogenated alkanes) is 1. The Labute approximate surface area is 143 Å². The van der Waals surface area contributed by atoms with Crippen molar-refractivity contribution in [2.75, 3.05) is 13.7 Å². The van der Waals surface area contributed by atoms with Gasteiger partial charge in [-0.3, -0.25) is 14.6 Å². The molecule has 1 heterocycles. The second kappa shape index (κ2) is 9.38. The number of methoxy groups -OCH3 is 1. The highest BCUT2D eigenvalue weighted by Crippen LogP contribution is 2.17. The summed E-state index contributed by atoms with van der Waals surface area (Å²) >= 11 is 0. The molecule has 1 aliphatic heterocycles. The first-order chi connectivity index (χ1) is 11.7. The number of amides is 2. The number of nitrogens with one attached hydrogen (secondary N) is 2. The van der Waals surface area contributed by atoms with E-state index in [1.165, 1.54) is 0 Å². The fraction of sp³-hybridized carbons (Fsp3) is 0.733. The molecule has 10 heteroatoms. The summed E-state index contributed by atoms with van der Waals surface area (Å²) in [6.45, 7) is 2.22. The van der Waals surface area contributed by atoms with Gasteiger partial charge in [-0.25, -0.2) is 4.79 Å². The van der Waals surface area contributed by atoms with Crippen LogP contribution in [0.4, 0.5) is 13.2 Å².